The van der Waals surface area contributed by atoms with E-state index in [-0.39, 0.29) is 0 Å². The third-order valence-corrected chi connectivity index (χ3v) is 4.59. The summed E-state index contributed by atoms with van der Waals surface area (Å²) in [6, 6.07) is 2.09. The lowest BCUT2D eigenvalue weighted by Crippen LogP contribution is -2.38. The molecule has 2 aliphatic rings. The third-order valence-electron chi connectivity index (χ3n) is 4.35. The number of morpholine rings is 1. The van der Waals surface area contributed by atoms with Crippen LogP contribution < -0.4 is 20.4 Å². The maximum absolute atomic E-state index is 5.46. The summed E-state index contributed by atoms with van der Waals surface area (Å²) in [6.45, 7) is 9.51. The van der Waals surface area contributed by atoms with Crippen molar-refractivity contribution in [3.05, 3.63) is 18.7 Å². The Labute approximate surface area is 154 Å². The van der Waals surface area contributed by atoms with Gasteiger partial charge in [0.15, 0.2) is 5.11 Å². The monoisotopic (exact) mass is 362 g/mol. The molecule has 0 spiro atoms. The molecule has 136 valence electrons. The standard InChI is InChI=1S/C17H26N6OS/c1-2-6-18-17(25)21-16-19-14(22-7-4-3-5-8-22)13-15(20-16)23-9-11-24-12-10-23/h2,13H,1,3-12H2,(H2,18,19,20,21,25). The summed E-state index contributed by atoms with van der Waals surface area (Å²) in [6.07, 6.45) is 5.47. The first kappa shape index (κ1) is 17.9. The van der Waals surface area contributed by atoms with Crippen molar-refractivity contribution in [2.75, 3.05) is 61.1 Å². The van der Waals surface area contributed by atoms with Crippen LogP contribution in [0.15, 0.2) is 18.7 Å². The van der Waals surface area contributed by atoms with Crippen LogP contribution in [0.5, 0.6) is 0 Å². The van der Waals surface area contributed by atoms with E-state index in [1.807, 2.05) is 0 Å². The van der Waals surface area contributed by atoms with Crippen molar-refractivity contribution in [1.29, 1.82) is 0 Å². The molecule has 1 aromatic rings. The molecule has 2 aliphatic heterocycles. The van der Waals surface area contributed by atoms with Gasteiger partial charge in [0.2, 0.25) is 5.95 Å². The molecule has 0 aromatic carbocycles. The van der Waals surface area contributed by atoms with E-state index in [2.05, 4.69) is 38.1 Å². The fourth-order valence-electron chi connectivity index (χ4n) is 3.03. The largest absolute Gasteiger partial charge is 0.378 e. The Morgan fingerprint density at radius 3 is 2.40 bits per heavy atom. The highest BCUT2D eigenvalue weighted by atomic mass is 32.1. The molecule has 2 saturated heterocycles. The molecular weight excluding hydrogens is 336 g/mol. The predicted octanol–water partition coefficient (Wildman–Crippen LogP) is 1.78. The average molecular weight is 363 g/mol. The maximum Gasteiger partial charge on any atom is 0.232 e. The number of nitrogens with one attached hydrogen (secondary N) is 2. The van der Waals surface area contributed by atoms with E-state index in [0.29, 0.717) is 17.6 Å². The zero-order valence-electron chi connectivity index (χ0n) is 14.5. The van der Waals surface area contributed by atoms with Crippen LogP contribution in [0.2, 0.25) is 0 Å². The summed E-state index contributed by atoms with van der Waals surface area (Å²) in [5.41, 5.74) is 0. The van der Waals surface area contributed by atoms with E-state index < -0.39 is 0 Å². The van der Waals surface area contributed by atoms with Gasteiger partial charge >= 0.3 is 0 Å². The molecule has 0 aliphatic carbocycles. The first-order valence-corrected chi connectivity index (χ1v) is 9.29. The molecule has 25 heavy (non-hydrogen) atoms. The summed E-state index contributed by atoms with van der Waals surface area (Å²) >= 11 is 5.30. The molecular formula is C17H26N6OS. The zero-order chi connectivity index (χ0) is 17.5. The van der Waals surface area contributed by atoms with Crippen LogP contribution in [0.25, 0.3) is 0 Å². The smallest absolute Gasteiger partial charge is 0.232 e. The van der Waals surface area contributed by atoms with Gasteiger partial charge in [0.05, 0.1) is 13.2 Å². The van der Waals surface area contributed by atoms with Crippen molar-refractivity contribution >= 4 is 34.9 Å². The zero-order valence-corrected chi connectivity index (χ0v) is 15.4. The van der Waals surface area contributed by atoms with Gasteiger partial charge in [-0.15, -0.1) is 6.58 Å². The highest BCUT2D eigenvalue weighted by Crippen LogP contribution is 2.24. The third kappa shape index (κ3) is 5.02. The molecule has 2 fully saturated rings. The van der Waals surface area contributed by atoms with Crippen LogP contribution in [0, 0.1) is 0 Å². The lowest BCUT2D eigenvalue weighted by atomic mass is 10.1. The van der Waals surface area contributed by atoms with Crippen LogP contribution in [0.1, 0.15) is 19.3 Å². The summed E-state index contributed by atoms with van der Waals surface area (Å²) in [4.78, 5) is 13.9. The van der Waals surface area contributed by atoms with Gasteiger partial charge in [-0.25, -0.2) is 0 Å². The van der Waals surface area contributed by atoms with E-state index in [1.165, 1.54) is 19.3 Å². The second-order valence-electron chi connectivity index (χ2n) is 6.18. The van der Waals surface area contributed by atoms with Gasteiger partial charge in [-0.05, 0) is 31.5 Å². The molecule has 0 amide bonds. The van der Waals surface area contributed by atoms with Crippen molar-refractivity contribution < 1.29 is 4.74 Å². The van der Waals surface area contributed by atoms with Crippen LogP contribution in [0.4, 0.5) is 17.6 Å². The average Bonchev–Trinajstić information content (AvgIpc) is 2.67. The SMILES string of the molecule is C=CCNC(=S)Nc1nc(N2CCCCC2)cc(N2CCOCC2)n1. The summed E-state index contributed by atoms with van der Waals surface area (Å²) in [7, 11) is 0. The lowest BCUT2D eigenvalue weighted by molar-refractivity contribution is 0.122. The normalized spacial score (nSPS) is 17.9. The van der Waals surface area contributed by atoms with E-state index >= 15 is 0 Å². The number of nitrogens with zero attached hydrogens (tertiary/aromatic N) is 4. The number of aromatic nitrogens is 2. The quantitative estimate of drug-likeness (QED) is 0.607. The highest BCUT2D eigenvalue weighted by Gasteiger charge is 2.19. The molecule has 0 unspecified atom stereocenters. The second-order valence-corrected chi connectivity index (χ2v) is 6.59. The molecule has 0 radical (unpaired) electrons. The van der Waals surface area contributed by atoms with E-state index in [4.69, 9.17) is 21.9 Å². The first-order chi connectivity index (χ1) is 12.3. The number of piperidine rings is 1. The first-order valence-electron chi connectivity index (χ1n) is 8.89. The van der Waals surface area contributed by atoms with Crippen LogP contribution in [0.3, 0.4) is 0 Å². The minimum absolute atomic E-state index is 0.503. The van der Waals surface area contributed by atoms with Gasteiger partial charge in [0.25, 0.3) is 0 Å². The Bertz CT molecular complexity index is 563. The van der Waals surface area contributed by atoms with E-state index in [0.717, 1.165) is 51.0 Å². The van der Waals surface area contributed by atoms with Crippen LogP contribution >= 0.6 is 12.2 Å². The van der Waals surface area contributed by atoms with E-state index in [1.54, 1.807) is 6.08 Å². The Hall–Kier alpha value is -1.93. The molecule has 8 heteroatoms. The fraction of sp³-hybridized carbons (Fsp3) is 0.588. The molecule has 3 heterocycles. The number of anilines is 3. The van der Waals surface area contributed by atoms with Crippen molar-refractivity contribution in [3.8, 4) is 0 Å². The fourth-order valence-corrected chi connectivity index (χ4v) is 3.20. The lowest BCUT2D eigenvalue weighted by Gasteiger charge is -2.31. The summed E-state index contributed by atoms with van der Waals surface area (Å²) in [5.74, 6) is 2.42. The number of hydrogen-bond acceptors (Lipinski definition) is 6. The Morgan fingerprint density at radius 2 is 1.76 bits per heavy atom. The van der Waals surface area contributed by atoms with Crippen molar-refractivity contribution in [2.45, 2.75) is 19.3 Å². The summed E-state index contributed by atoms with van der Waals surface area (Å²) < 4.78 is 5.46. The van der Waals surface area contributed by atoms with Crippen LogP contribution in [-0.4, -0.2) is 61.0 Å². The molecule has 0 saturated carbocycles. The summed E-state index contributed by atoms with van der Waals surface area (Å²) in [5, 5.41) is 6.66. The Balaban J connectivity index is 1.81. The minimum Gasteiger partial charge on any atom is -0.378 e. The number of rotatable bonds is 5. The molecule has 2 N–H and O–H groups in total. The molecule has 0 atom stereocenters. The van der Waals surface area contributed by atoms with Crippen molar-refractivity contribution in [2.24, 2.45) is 0 Å². The van der Waals surface area contributed by atoms with Gasteiger partial charge in [0.1, 0.15) is 11.6 Å². The van der Waals surface area contributed by atoms with Gasteiger partial charge in [-0.3, -0.25) is 0 Å². The van der Waals surface area contributed by atoms with Crippen LogP contribution in [-0.2, 0) is 4.74 Å². The Morgan fingerprint density at radius 1 is 1.12 bits per heavy atom. The van der Waals surface area contributed by atoms with Gasteiger partial charge in [-0.2, -0.15) is 9.97 Å². The maximum atomic E-state index is 5.46. The highest BCUT2D eigenvalue weighted by molar-refractivity contribution is 7.80. The van der Waals surface area contributed by atoms with Crippen molar-refractivity contribution in [3.63, 3.8) is 0 Å². The molecule has 7 nitrogen and oxygen atoms in total. The topological polar surface area (TPSA) is 65.6 Å². The molecule has 0 bridgehead atoms. The number of ether oxygens (including phenoxy) is 1. The van der Waals surface area contributed by atoms with Crippen molar-refractivity contribution in [1.82, 2.24) is 15.3 Å². The number of hydrogen-bond donors (Lipinski definition) is 2. The van der Waals surface area contributed by atoms with Gasteiger partial charge in [0, 0.05) is 38.8 Å². The Kier molecular flexibility index (Phi) is 6.41. The second kappa shape index (κ2) is 8.96. The number of thiocarbonyl (C=S) groups is 1. The van der Waals surface area contributed by atoms with Gasteiger partial charge in [-0.1, -0.05) is 6.08 Å². The molecule has 1 aromatic heterocycles. The minimum atomic E-state index is 0.503. The van der Waals surface area contributed by atoms with Gasteiger partial charge < -0.3 is 25.2 Å². The van der Waals surface area contributed by atoms with E-state index in [9.17, 15) is 0 Å². The predicted molar refractivity (Wildman–Crippen MR) is 106 cm³/mol. The molecule has 3 rings (SSSR count).